The van der Waals surface area contributed by atoms with Crippen molar-refractivity contribution in [1.82, 2.24) is 15.2 Å². The standard InChI is InChI=1S/C23H21N5/c1-4-10-19(11-5-1)16-24-23-26-22(17-25-27-23)28(21-14-8-3-9-15-21)18-20-12-6-2-7-13-20/h1-15,17H,16,18H2,(H,24,26,27). The summed E-state index contributed by atoms with van der Waals surface area (Å²) in [6, 6.07) is 30.7. The van der Waals surface area contributed by atoms with Crippen LogP contribution >= 0.6 is 0 Å². The minimum absolute atomic E-state index is 0.510. The maximum Gasteiger partial charge on any atom is 0.244 e. The second-order valence-electron chi connectivity index (χ2n) is 6.38. The lowest BCUT2D eigenvalue weighted by Crippen LogP contribution is -2.19. The number of para-hydroxylation sites is 1. The predicted octanol–water partition coefficient (Wildman–Crippen LogP) is 4.82. The summed E-state index contributed by atoms with van der Waals surface area (Å²) < 4.78 is 0. The second kappa shape index (κ2) is 8.77. The predicted molar refractivity (Wildman–Crippen MR) is 112 cm³/mol. The SMILES string of the molecule is c1ccc(CNc2nncc(N(Cc3ccccc3)c3ccccc3)n2)cc1. The third kappa shape index (κ3) is 4.51. The van der Waals surface area contributed by atoms with Gasteiger partial charge in [0.05, 0.1) is 6.20 Å². The van der Waals surface area contributed by atoms with Gasteiger partial charge in [0.2, 0.25) is 5.95 Å². The van der Waals surface area contributed by atoms with Gasteiger partial charge in [0, 0.05) is 18.8 Å². The van der Waals surface area contributed by atoms with Gasteiger partial charge >= 0.3 is 0 Å². The molecule has 0 amide bonds. The molecule has 1 N–H and O–H groups in total. The molecular weight excluding hydrogens is 346 g/mol. The van der Waals surface area contributed by atoms with Crippen LogP contribution in [0, 0.1) is 0 Å². The Hall–Kier alpha value is -3.73. The van der Waals surface area contributed by atoms with Crippen LogP contribution in [0.3, 0.4) is 0 Å². The van der Waals surface area contributed by atoms with Crippen LogP contribution in [-0.2, 0) is 13.1 Å². The lowest BCUT2D eigenvalue weighted by atomic mass is 10.2. The van der Waals surface area contributed by atoms with Crippen molar-refractivity contribution < 1.29 is 0 Å². The lowest BCUT2D eigenvalue weighted by Gasteiger charge is -2.24. The number of aromatic nitrogens is 3. The quantitative estimate of drug-likeness (QED) is 0.507. The summed E-state index contributed by atoms with van der Waals surface area (Å²) >= 11 is 0. The molecular formula is C23H21N5. The Morgan fingerprint density at radius 2 is 1.32 bits per heavy atom. The molecule has 0 bridgehead atoms. The van der Waals surface area contributed by atoms with Gasteiger partial charge in [-0.25, -0.2) is 0 Å². The molecule has 4 rings (SSSR count). The number of hydrogen-bond acceptors (Lipinski definition) is 5. The van der Waals surface area contributed by atoms with Crippen molar-refractivity contribution in [2.24, 2.45) is 0 Å². The van der Waals surface area contributed by atoms with Crippen molar-refractivity contribution in [3.05, 3.63) is 108 Å². The van der Waals surface area contributed by atoms with Crippen molar-refractivity contribution in [2.75, 3.05) is 10.2 Å². The van der Waals surface area contributed by atoms with E-state index in [1.54, 1.807) is 6.20 Å². The molecule has 5 heteroatoms. The zero-order chi connectivity index (χ0) is 19.0. The van der Waals surface area contributed by atoms with Crippen LogP contribution < -0.4 is 10.2 Å². The maximum atomic E-state index is 4.70. The van der Waals surface area contributed by atoms with E-state index in [9.17, 15) is 0 Å². The first kappa shape index (κ1) is 17.7. The molecule has 0 unspecified atom stereocenters. The van der Waals surface area contributed by atoms with Crippen molar-refractivity contribution in [3.63, 3.8) is 0 Å². The Labute approximate surface area is 164 Å². The summed E-state index contributed by atoms with van der Waals surface area (Å²) in [7, 11) is 0. The first-order valence-corrected chi connectivity index (χ1v) is 9.22. The molecule has 0 fully saturated rings. The van der Waals surface area contributed by atoms with Gasteiger partial charge in [0.15, 0.2) is 5.82 Å². The molecule has 0 aliphatic rings. The van der Waals surface area contributed by atoms with E-state index in [-0.39, 0.29) is 0 Å². The van der Waals surface area contributed by atoms with Crippen molar-refractivity contribution in [3.8, 4) is 0 Å². The highest BCUT2D eigenvalue weighted by Gasteiger charge is 2.13. The molecule has 28 heavy (non-hydrogen) atoms. The van der Waals surface area contributed by atoms with Crippen LogP contribution in [0.2, 0.25) is 0 Å². The maximum absolute atomic E-state index is 4.70. The fourth-order valence-electron chi connectivity index (χ4n) is 2.96. The largest absolute Gasteiger partial charge is 0.349 e. The topological polar surface area (TPSA) is 53.9 Å². The Bertz CT molecular complexity index is 991. The zero-order valence-electron chi connectivity index (χ0n) is 15.4. The molecule has 4 aromatic rings. The third-order valence-electron chi connectivity index (χ3n) is 4.37. The van der Waals surface area contributed by atoms with E-state index < -0.39 is 0 Å². The molecule has 0 saturated carbocycles. The highest BCUT2D eigenvalue weighted by Crippen LogP contribution is 2.25. The van der Waals surface area contributed by atoms with Gasteiger partial charge in [-0.05, 0) is 23.3 Å². The number of benzene rings is 3. The second-order valence-corrected chi connectivity index (χ2v) is 6.38. The Morgan fingerprint density at radius 3 is 2.00 bits per heavy atom. The Kier molecular flexibility index (Phi) is 5.54. The number of rotatable bonds is 7. The summed E-state index contributed by atoms with van der Waals surface area (Å²) in [4.78, 5) is 6.84. The Morgan fingerprint density at radius 1 is 0.714 bits per heavy atom. The lowest BCUT2D eigenvalue weighted by molar-refractivity contribution is 0.888. The van der Waals surface area contributed by atoms with E-state index >= 15 is 0 Å². The first-order chi connectivity index (χ1) is 13.9. The van der Waals surface area contributed by atoms with Crippen LogP contribution in [0.5, 0.6) is 0 Å². The molecule has 0 atom stereocenters. The average molecular weight is 367 g/mol. The van der Waals surface area contributed by atoms with Crippen LogP contribution in [0.15, 0.2) is 97.2 Å². The molecule has 1 aromatic heterocycles. The zero-order valence-corrected chi connectivity index (χ0v) is 15.4. The minimum Gasteiger partial charge on any atom is -0.349 e. The molecule has 3 aromatic carbocycles. The van der Waals surface area contributed by atoms with E-state index in [1.807, 2.05) is 54.6 Å². The molecule has 0 spiro atoms. The smallest absolute Gasteiger partial charge is 0.244 e. The van der Waals surface area contributed by atoms with E-state index in [2.05, 4.69) is 56.8 Å². The number of nitrogens with zero attached hydrogens (tertiary/aromatic N) is 4. The third-order valence-corrected chi connectivity index (χ3v) is 4.37. The first-order valence-electron chi connectivity index (χ1n) is 9.22. The molecule has 0 saturated heterocycles. The molecule has 0 aliphatic heterocycles. The van der Waals surface area contributed by atoms with Crippen LogP contribution in [0.25, 0.3) is 0 Å². The van der Waals surface area contributed by atoms with Gasteiger partial charge in [-0.2, -0.15) is 10.1 Å². The molecule has 0 radical (unpaired) electrons. The summed E-state index contributed by atoms with van der Waals surface area (Å²) in [5, 5.41) is 11.6. The van der Waals surface area contributed by atoms with Crippen LogP contribution in [0.1, 0.15) is 11.1 Å². The van der Waals surface area contributed by atoms with Crippen molar-refractivity contribution in [1.29, 1.82) is 0 Å². The fraction of sp³-hybridized carbons (Fsp3) is 0.0870. The number of hydrogen-bond donors (Lipinski definition) is 1. The number of nitrogens with one attached hydrogen (secondary N) is 1. The van der Waals surface area contributed by atoms with E-state index in [0.717, 1.165) is 11.5 Å². The minimum atomic E-state index is 0.510. The Balaban J connectivity index is 1.59. The summed E-state index contributed by atoms with van der Waals surface area (Å²) in [6.07, 6.45) is 1.70. The highest BCUT2D eigenvalue weighted by atomic mass is 15.3. The summed E-state index contributed by atoms with van der Waals surface area (Å²) in [5.41, 5.74) is 3.42. The van der Waals surface area contributed by atoms with Crippen LogP contribution in [-0.4, -0.2) is 15.2 Å². The average Bonchev–Trinajstić information content (AvgIpc) is 2.78. The fourth-order valence-corrected chi connectivity index (χ4v) is 2.96. The van der Waals surface area contributed by atoms with Gasteiger partial charge < -0.3 is 10.2 Å². The van der Waals surface area contributed by atoms with Crippen molar-refractivity contribution in [2.45, 2.75) is 13.1 Å². The molecule has 5 nitrogen and oxygen atoms in total. The van der Waals surface area contributed by atoms with E-state index in [4.69, 9.17) is 4.98 Å². The van der Waals surface area contributed by atoms with Gasteiger partial charge in [-0.1, -0.05) is 78.9 Å². The van der Waals surface area contributed by atoms with Crippen molar-refractivity contribution >= 4 is 17.5 Å². The highest BCUT2D eigenvalue weighted by molar-refractivity contribution is 5.60. The van der Waals surface area contributed by atoms with E-state index in [0.29, 0.717) is 19.0 Å². The molecule has 0 aliphatic carbocycles. The van der Waals surface area contributed by atoms with Gasteiger partial charge in [-0.3, -0.25) is 0 Å². The molecule has 1 heterocycles. The molecule has 138 valence electrons. The monoisotopic (exact) mass is 367 g/mol. The normalized spacial score (nSPS) is 10.4. The van der Waals surface area contributed by atoms with Gasteiger partial charge in [0.1, 0.15) is 0 Å². The summed E-state index contributed by atoms with van der Waals surface area (Å²) in [6.45, 7) is 1.34. The van der Waals surface area contributed by atoms with Crippen LogP contribution in [0.4, 0.5) is 17.5 Å². The van der Waals surface area contributed by atoms with Gasteiger partial charge in [-0.15, -0.1) is 5.10 Å². The van der Waals surface area contributed by atoms with Gasteiger partial charge in [0.25, 0.3) is 0 Å². The van der Waals surface area contributed by atoms with E-state index in [1.165, 1.54) is 11.1 Å². The number of anilines is 3. The summed E-state index contributed by atoms with van der Waals surface area (Å²) in [5.74, 6) is 1.26.